The molecule has 0 spiro atoms. The number of thiazole rings is 1. The van der Waals surface area contributed by atoms with E-state index >= 15 is 0 Å². The normalized spacial score (nSPS) is 10.9. The van der Waals surface area contributed by atoms with Gasteiger partial charge in [-0.05, 0) is 24.3 Å². The van der Waals surface area contributed by atoms with E-state index in [9.17, 15) is 9.18 Å². The highest BCUT2D eigenvalue weighted by Gasteiger charge is 2.12. The van der Waals surface area contributed by atoms with Crippen LogP contribution in [0.2, 0.25) is 0 Å². The molecule has 0 aliphatic heterocycles. The smallest absolute Gasteiger partial charge is 0.410 e. The van der Waals surface area contributed by atoms with E-state index in [0.29, 0.717) is 30.1 Å². The van der Waals surface area contributed by atoms with Crippen LogP contribution in [0.4, 0.5) is 9.18 Å². The molecule has 2 aromatic heterocycles. The number of carbonyl (C=O) groups is 1. The first-order chi connectivity index (χ1) is 13.2. The third-order valence-corrected chi connectivity index (χ3v) is 4.70. The summed E-state index contributed by atoms with van der Waals surface area (Å²) < 4.78 is 20.3. The van der Waals surface area contributed by atoms with E-state index in [4.69, 9.17) is 4.74 Å². The first-order valence-corrected chi connectivity index (χ1v) is 9.17. The Morgan fingerprint density at radius 3 is 2.85 bits per heavy atom. The summed E-state index contributed by atoms with van der Waals surface area (Å²) in [4.78, 5) is 17.0. The predicted molar refractivity (Wildman–Crippen MR) is 100 cm³/mol. The Hall–Kier alpha value is -3.26. The van der Waals surface area contributed by atoms with Crippen molar-refractivity contribution in [3.05, 3.63) is 71.5 Å². The zero-order valence-corrected chi connectivity index (χ0v) is 14.9. The van der Waals surface area contributed by atoms with Crippen LogP contribution >= 0.6 is 11.3 Å². The maximum atomic E-state index is 13.4. The minimum absolute atomic E-state index is 0.327. The molecule has 0 unspecified atom stereocenters. The molecular formula is C19H15FN4O2S. The van der Waals surface area contributed by atoms with Crippen LogP contribution in [0.3, 0.4) is 0 Å². The highest BCUT2D eigenvalue weighted by Crippen LogP contribution is 2.21. The van der Waals surface area contributed by atoms with Crippen LogP contribution in [-0.2, 0) is 6.42 Å². The Morgan fingerprint density at radius 1 is 1.19 bits per heavy atom. The van der Waals surface area contributed by atoms with Crippen molar-refractivity contribution in [3.63, 3.8) is 0 Å². The predicted octanol–water partition coefficient (Wildman–Crippen LogP) is 3.93. The lowest BCUT2D eigenvalue weighted by Gasteiger charge is -2.05. The molecule has 4 rings (SSSR count). The highest BCUT2D eigenvalue weighted by atomic mass is 32.1. The van der Waals surface area contributed by atoms with Crippen LogP contribution in [0.15, 0.2) is 60.0 Å². The van der Waals surface area contributed by atoms with Crippen LogP contribution in [0.5, 0.6) is 5.75 Å². The van der Waals surface area contributed by atoms with Gasteiger partial charge in [-0.3, -0.25) is 0 Å². The Bertz CT molecular complexity index is 1080. The number of carbonyl (C=O) groups excluding carboxylic acids is 1. The van der Waals surface area contributed by atoms with Crippen LogP contribution in [-0.4, -0.2) is 27.2 Å². The van der Waals surface area contributed by atoms with Crippen molar-refractivity contribution in [2.75, 3.05) is 6.54 Å². The average Bonchev–Trinajstić information content (AvgIpc) is 3.24. The van der Waals surface area contributed by atoms with Gasteiger partial charge in [0.05, 0.1) is 5.69 Å². The number of aromatic nitrogens is 3. The van der Waals surface area contributed by atoms with E-state index in [-0.39, 0.29) is 5.82 Å². The lowest BCUT2D eigenvalue weighted by Crippen LogP contribution is -2.29. The van der Waals surface area contributed by atoms with Gasteiger partial charge in [-0.15, -0.1) is 16.4 Å². The molecule has 0 radical (unpaired) electrons. The molecule has 27 heavy (non-hydrogen) atoms. The second kappa shape index (κ2) is 7.55. The molecule has 0 aliphatic carbocycles. The fourth-order valence-corrected chi connectivity index (χ4v) is 3.43. The molecule has 2 heterocycles. The minimum Gasteiger partial charge on any atom is -0.410 e. The maximum Gasteiger partial charge on any atom is 0.412 e. The number of rotatable bonds is 5. The second-order valence-electron chi connectivity index (χ2n) is 5.75. The van der Waals surface area contributed by atoms with Gasteiger partial charge in [0.2, 0.25) is 4.96 Å². The van der Waals surface area contributed by atoms with E-state index < -0.39 is 6.09 Å². The third-order valence-electron chi connectivity index (χ3n) is 3.84. The molecule has 1 amide bonds. The monoisotopic (exact) mass is 382 g/mol. The molecule has 0 fully saturated rings. The van der Waals surface area contributed by atoms with Crippen LogP contribution in [0.25, 0.3) is 16.3 Å². The van der Waals surface area contributed by atoms with Crippen molar-refractivity contribution < 1.29 is 13.9 Å². The average molecular weight is 382 g/mol. The first kappa shape index (κ1) is 17.2. The lowest BCUT2D eigenvalue weighted by atomic mass is 10.2. The molecule has 0 bridgehead atoms. The zero-order chi connectivity index (χ0) is 18.6. The number of hydrogen-bond donors (Lipinski definition) is 1. The van der Waals surface area contributed by atoms with E-state index in [1.165, 1.54) is 23.5 Å². The van der Waals surface area contributed by atoms with Gasteiger partial charge in [0.1, 0.15) is 11.6 Å². The van der Waals surface area contributed by atoms with Crippen LogP contribution in [0, 0.1) is 5.82 Å². The second-order valence-corrected chi connectivity index (χ2v) is 6.58. The van der Waals surface area contributed by atoms with Crippen LogP contribution < -0.4 is 10.1 Å². The zero-order valence-electron chi connectivity index (χ0n) is 14.1. The largest absolute Gasteiger partial charge is 0.412 e. The van der Waals surface area contributed by atoms with Gasteiger partial charge in [-0.25, -0.2) is 13.7 Å². The lowest BCUT2D eigenvalue weighted by molar-refractivity contribution is 0.200. The summed E-state index contributed by atoms with van der Waals surface area (Å²) in [6, 6.07) is 15.1. The third kappa shape index (κ3) is 3.95. The molecule has 0 atom stereocenters. The number of fused-ring (bicyclic) bond motifs is 1. The number of hydrogen-bond acceptors (Lipinski definition) is 5. The summed E-state index contributed by atoms with van der Waals surface area (Å²) in [5, 5.41) is 9.11. The van der Waals surface area contributed by atoms with Crippen molar-refractivity contribution in [2.24, 2.45) is 0 Å². The van der Waals surface area contributed by atoms with Crippen molar-refractivity contribution in [2.45, 2.75) is 6.42 Å². The number of para-hydroxylation sites is 1. The van der Waals surface area contributed by atoms with E-state index in [1.54, 1.807) is 40.9 Å². The molecule has 6 nitrogen and oxygen atoms in total. The highest BCUT2D eigenvalue weighted by molar-refractivity contribution is 7.15. The standard InChI is InChI=1S/C19H15FN4O2S/c20-14-6-4-5-13(11-14)17-22-18-24(23-17)15(12-27-18)9-10-21-19(25)26-16-7-2-1-3-8-16/h1-8,11-12H,9-10H2,(H,21,25). The molecule has 0 aliphatic rings. The summed E-state index contributed by atoms with van der Waals surface area (Å²) in [5.41, 5.74) is 1.53. The SMILES string of the molecule is O=C(NCCc1csc2nc(-c3cccc(F)c3)nn12)Oc1ccccc1. The van der Waals surface area contributed by atoms with Gasteiger partial charge in [-0.2, -0.15) is 4.98 Å². The van der Waals surface area contributed by atoms with E-state index in [2.05, 4.69) is 15.4 Å². The van der Waals surface area contributed by atoms with Crippen LogP contribution in [0.1, 0.15) is 5.69 Å². The van der Waals surface area contributed by atoms with Crippen molar-refractivity contribution in [1.82, 2.24) is 19.9 Å². The van der Waals surface area contributed by atoms with Crippen molar-refractivity contribution in [1.29, 1.82) is 0 Å². The van der Waals surface area contributed by atoms with Gasteiger partial charge in [0.25, 0.3) is 0 Å². The summed E-state index contributed by atoms with van der Waals surface area (Å²) >= 11 is 1.45. The topological polar surface area (TPSA) is 68.5 Å². The Kier molecular flexibility index (Phi) is 4.80. The summed E-state index contributed by atoms with van der Waals surface area (Å²) in [5.74, 6) is 0.634. The van der Waals surface area contributed by atoms with Gasteiger partial charge in [0.15, 0.2) is 5.82 Å². The molecular weight excluding hydrogens is 367 g/mol. The van der Waals surface area contributed by atoms with E-state index in [0.717, 1.165) is 10.7 Å². The van der Waals surface area contributed by atoms with E-state index in [1.807, 2.05) is 11.4 Å². The van der Waals surface area contributed by atoms with Gasteiger partial charge < -0.3 is 10.1 Å². The fraction of sp³-hybridized carbons (Fsp3) is 0.105. The first-order valence-electron chi connectivity index (χ1n) is 8.29. The van der Waals surface area contributed by atoms with Crippen molar-refractivity contribution in [3.8, 4) is 17.1 Å². The summed E-state index contributed by atoms with van der Waals surface area (Å²) in [6.07, 6.45) is 0.0576. The quantitative estimate of drug-likeness (QED) is 0.568. The van der Waals surface area contributed by atoms with Gasteiger partial charge >= 0.3 is 6.09 Å². The summed E-state index contributed by atoms with van der Waals surface area (Å²) in [6.45, 7) is 0.395. The summed E-state index contributed by atoms with van der Waals surface area (Å²) in [7, 11) is 0. The molecule has 8 heteroatoms. The molecule has 0 saturated heterocycles. The number of halogens is 1. The Balaban J connectivity index is 1.40. The van der Waals surface area contributed by atoms with Crippen molar-refractivity contribution >= 4 is 22.4 Å². The fourth-order valence-electron chi connectivity index (χ4n) is 2.57. The molecule has 4 aromatic rings. The number of benzene rings is 2. The molecule has 0 saturated carbocycles. The molecule has 1 N–H and O–H groups in total. The minimum atomic E-state index is -0.508. The Morgan fingerprint density at radius 2 is 2.04 bits per heavy atom. The molecule has 136 valence electrons. The van der Waals surface area contributed by atoms with Gasteiger partial charge in [0, 0.05) is 23.9 Å². The number of nitrogens with zero attached hydrogens (tertiary/aromatic N) is 3. The number of ether oxygens (including phenoxy) is 1. The molecule has 2 aromatic carbocycles. The number of amides is 1. The number of nitrogens with one attached hydrogen (secondary N) is 1. The van der Waals surface area contributed by atoms with Gasteiger partial charge in [-0.1, -0.05) is 30.3 Å². The maximum absolute atomic E-state index is 13.4. The Labute approximate surface area is 158 Å².